The van der Waals surface area contributed by atoms with Gasteiger partial charge in [-0.1, -0.05) is 26.2 Å². The maximum atomic E-state index is 13.5. The van der Waals surface area contributed by atoms with Crippen LogP contribution < -0.4 is 14.8 Å². The van der Waals surface area contributed by atoms with Crippen LogP contribution in [-0.2, 0) is 4.79 Å². The molecule has 0 aromatic heterocycles. The van der Waals surface area contributed by atoms with Crippen LogP contribution in [0.4, 0.5) is 0 Å². The third-order valence-corrected chi connectivity index (χ3v) is 6.17. The molecule has 1 heterocycles. The molecule has 6 nitrogen and oxygen atoms in total. The molecule has 0 aliphatic carbocycles. The van der Waals surface area contributed by atoms with Gasteiger partial charge in [0.15, 0.2) is 11.5 Å². The zero-order valence-electron chi connectivity index (χ0n) is 18.4. The third kappa shape index (κ3) is 6.04. The van der Waals surface area contributed by atoms with E-state index in [4.69, 9.17) is 9.47 Å². The molecule has 1 saturated heterocycles. The summed E-state index contributed by atoms with van der Waals surface area (Å²) in [5, 5.41) is 3.03. The Balaban J connectivity index is 2.31. The van der Waals surface area contributed by atoms with Gasteiger partial charge in [0.05, 0.1) is 19.6 Å². The van der Waals surface area contributed by atoms with Crippen LogP contribution in [-0.4, -0.2) is 53.6 Å². The normalized spacial score (nSPS) is 19.2. The average molecular weight is 423 g/mol. The number of nitrogens with one attached hydrogen (secondary N) is 1. The van der Waals surface area contributed by atoms with Crippen LogP contribution in [0.25, 0.3) is 0 Å². The minimum absolute atomic E-state index is 0.00198. The second kappa shape index (κ2) is 10.2. The van der Waals surface area contributed by atoms with Gasteiger partial charge >= 0.3 is 0 Å². The number of amides is 2. The van der Waals surface area contributed by atoms with Crippen molar-refractivity contribution in [3.8, 4) is 11.5 Å². The number of methoxy groups -OCH3 is 2. The Bertz CT molecular complexity index is 717. The monoisotopic (exact) mass is 422 g/mol. The van der Waals surface area contributed by atoms with Crippen LogP contribution in [0.1, 0.15) is 63.7 Å². The first-order chi connectivity index (χ1) is 13.7. The fourth-order valence-corrected chi connectivity index (χ4v) is 4.85. The van der Waals surface area contributed by atoms with Gasteiger partial charge in [0.25, 0.3) is 5.91 Å². The molecule has 2 rings (SSSR count). The van der Waals surface area contributed by atoms with E-state index in [-0.39, 0.29) is 22.7 Å². The number of rotatable bonds is 8. The fourth-order valence-electron chi connectivity index (χ4n) is 3.40. The highest BCUT2D eigenvalue weighted by Gasteiger charge is 2.42. The van der Waals surface area contributed by atoms with Crippen molar-refractivity contribution in [3.63, 3.8) is 0 Å². The van der Waals surface area contributed by atoms with E-state index in [0.29, 0.717) is 22.8 Å². The molecular formula is C22H34N2O4S. The summed E-state index contributed by atoms with van der Waals surface area (Å²) in [5.74, 6) is 1.44. The van der Waals surface area contributed by atoms with Gasteiger partial charge < -0.3 is 19.7 Å². The molecule has 1 aliphatic rings. The maximum absolute atomic E-state index is 13.5. The predicted molar refractivity (Wildman–Crippen MR) is 118 cm³/mol. The van der Waals surface area contributed by atoms with Crippen molar-refractivity contribution >= 4 is 23.6 Å². The van der Waals surface area contributed by atoms with Gasteiger partial charge in [-0.3, -0.25) is 9.59 Å². The van der Waals surface area contributed by atoms with Crippen molar-refractivity contribution in [1.29, 1.82) is 0 Å². The number of hydrogen-bond donors (Lipinski definition) is 1. The Morgan fingerprint density at radius 3 is 2.45 bits per heavy atom. The molecule has 2 atom stereocenters. The van der Waals surface area contributed by atoms with Crippen LogP contribution in [0, 0.1) is 0 Å². The molecule has 1 aliphatic heterocycles. The fraction of sp³-hybridized carbons (Fsp3) is 0.636. The lowest BCUT2D eigenvalue weighted by Crippen LogP contribution is -2.53. The Hall–Kier alpha value is -1.89. The molecule has 29 heavy (non-hydrogen) atoms. The topological polar surface area (TPSA) is 67.9 Å². The molecule has 0 spiro atoms. The largest absolute Gasteiger partial charge is 0.493 e. The van der Waals surface area contributed by atoms with E-state index in [1.54, 1.807) is 49.1 Å². The summed E-state index contributed by atoms with van der Waals surface area (Å²) in [6.45, 7) is 8.01. The number of carbonyl (C=O) groups is 2. The summed E-state index contributed by atoms with van der Waals surface area (Å²) in [6.07, 6.45) is 4.16. The van der Waals surface area contributed by atoms with Gasteiger partial charge in [0.1, 0.15) is 6.04 Å². The number of nitrogens with zero attached hydrogens (tertiary/aromatic N) is 1. The molecule has 1 aromatic rings. The number of ether oxygens (including phenoxy) is 2. The zero-order chi connectivity index (χ0) is 21.6. The first-order valence-corrected chi connectivity index (χ1v) is 11.2. The molecule has 2 unspecified atom stereocenters. The van der Waals surface area contributed by atoms with Gasteiger partial charge in [-0.15, -0.1) is 11.8 Å². The highest BCUT2D eigenvalue weighted by molar-refractivity contribution is 8.00. The van der Waals surface area contributed by atoms with Crippen molar-refractivity contribution in [2.45, 2.75) is 70.3 Å². The summed E-state index contributed by atoms with van der Waals surface area (Å²) in [7, 11) is 3.11. The molecule has 2 amide bonds. The van der Waals surface area contributed by atoms with Gasteiger partial charge in [-0.25, -0.2) is 0 Å². The first-order valence-electron chi connectivity index (χ1n) is 10.2. The van der Waals surface area contributed by atoms with Crippen molar-refractivity contribution in [3.05, 3.63) is 23.8 Å². The van der Waals surface area contributed by atoms with Crippen LogP contribution in [0.2, 0.25) is 0 Å². The second-order valence-electron chi connectivity index (χ2n) is 8.32. The second-order valence-corrected chi connectivity index (χ2v) is 9.53. The summed E-state index contributed by atoms with van der Waals surface area (Å²) < 4.78 is 10.6. The molecular weight excluding hydrogens is 388 g/mol. The zero-order valence-corrected chi connectivity index (χ0v) is 19.2. The Kier molecular flexibility index (Phi) is 8.25. The summed E-state index contributed by atoms with van der Waals surface area (Å²) in [6, 6.07) is 4.66. The molecule has 1 aromatic carbocycles. The molecule has 1 fully saturated rings. The standard InChI is InChI=1S/C22H34N2O4S/c1-7-8-9-10-19-24(16(14-29-19)20(25)23-22(2,3)4)21(26)15-11-12-17(27-5)18(13-15)28-6/h11-13,16,19H,7-10,14H2,1-6H3,(H,23,25). The highest BCUT2D eigenvalue weighted by Crippen LogP contribution is 2.36. The molecule has 162 valence electrons. The summed E-state index contributed by atoms with van der Waals surface area (Å²) in [4.78, 5) is 28.2. The van der Waals surface area contributed by atoms with E-state index in [0.717, 1.165) is 25.7 Å². The molecule has 7 heteroatoms. The van der Waals surface area contributed by atoms with Crippen molar-refractivity contribution in [2.75, 3.05) is 20.0 Å². The van der Waals surface area contributed by atoms with Gasteiger partial charge in [-0.2, -0.15) is 0 Å². The Morgan fingerprint density at radius 1 is 1.17 bits per heavy atom. The maximum Gasteiger partial charge on any atom is 0.255 e. The summed E-state index contributed by atoms with van der Waals surface area (Å²) >= 11 is 1.69. The summed E-state index contributed by atoms with van der Waals surface area (Å²) in [5.41, 5.74) is 0.152. The van der Waals surface area contributed by atoms with Crippen LogP contribution in [0.5, 0.6) is 11.5 Å². The minimum atomic E-state index is -0.480. The molecule has 0 saturated carbocycles. The average Bonchev–Trinajstić information content (AvgIpc) is 3.09. The van der Waals surface area contributed by atoms with Crippen LogP contribution in [0.15, 0.2) is 18.2 Å². The molecule has 0 bridgehead atoms. The number of thioether (sulfide) groups is 1. The van der Waals surface area contributed by atoms with E-state index in [2.05, 4.69) is 12.2 Å². The van der Waals surface area contributed by atoms with Crippen LogP contribution in [0.3, 0.4) is 0 Å². The van der Waals surface area contributed by atoms with E-state index in [9.17, 15) is 9.59 Å². The van der Waals surface area contributed by atoms with Crippen molar-refractivity contribution in [1.82, 2.24) is 10.2 Å². The lowest BCUT2D eigenvalue weighted by atomic mass is 10.1. The highest BCUT2D eigenvalue weighted by atomic mass is 32.2. The number of carbonyl (C=O) groups excluding carboxylic acids is 2. The number of benzene rings is 1. The van der Waals surface area contributed by atoms with E-state index in [1.807, 2.05) is 20.8 Å². The van der Waals surface area contributed by atoms with Crippen LogP contribution >= 0.6 is 11.8 Å². The quantitative estimate of drug-likeness (QED) is 0.639. The lowest BCUT2D eigenvalue weighted by molar-refractivity contribution is -0.126. The van der Waals surface area contributed by atoms with Gasteiger partial charge in [-0.05, 0) is 45.4 Å². The number of hydrogen-bond acceptors (Lipinski definition) is 5. The molecule has 0 radical (unpaired) electrons. The lowest BCUT2D eigenvalue weighted by Gasteiger charge is -2.31. The number of unbranched alkanes of at least 4 members (excludes halogenated alkanes) is 2. The Labute approximate surface area is 178 Å². The van der Waals surface area contributed by atoms with Crippen molar-refractivity contribution < 1.29 is 19.1 Å². The first kappa shape index (κ1) is 23.4. The SMILES string of the molecule is CCCCCC1SCC(C(=O)NC(C)(C)C)N1C(=O)c1ccc(OC)c(OC)c1. The van der Waals surface area contributed by atoms with E-state index >= 15 is 0 Å². The van der Waals surface area contributed by atoms with E-state index in [1.165, 1.54) is 0 Å². The predicted octanol–water partition coefficient (Wildman–Crippen LogP) is 4.08. The van der Waals surface area contributed by atoms with Crippen molar-refractivity contribution in [2.24, 2.45) is 0 Å². The minimum Gasteiger partial charge on any atom is -0.493 e. The Morgan fingerprint density at radius 2 is 1.86 bits per heavy atom. The molecule has 1 N–H and O–H groups in total. The smallest absolute Gasteiger partial charge is 0.255 e. The third-order valence-electron chi connectivity index (χ3n) is 4.81. The van der Waals surface area contributed by atoms with Gasteiger partial charge in [0, 0.05) is 16.9 Å². The van der Waals surface area contributed by atoms with Gasteiger partial charge in [0.2, 0.25) is 5.91 Å². The van der Waals surface area contributed by atoms with E-state index < -0.39 is 6.04 Å².